The summed E-state index contributed by atoms with van der Waals surface area (Å²) in [7, 11) is 0. The van der Waals surface area contributed by atoms with Gasteiger partial charge in [0.25, 0.3) is 0 Å². The van der Waals surface area contributed by atoms with Crippen LogP contribution in [0.25, 0.3) is 0 Å². The van der Waals surface area contributed by atoms with E-state index in [-0.39, 0.29) is 17.5 Å². The number of Topliss-reactive ketones (excluding diaryl/α,β-unsaturated/α-hetero) is 1. The summed E-state index contributed by atoms with van der Waals surface area (Å²) in [5.74, 6) is 0.263. The lowest BCUT2D eigenvalue weighted by Gasteiger charge is -2.19. The molecule has 0 saturated heterocycles. The van der Waals surface area contributed by atoms with Crippen molar-refractivity contribution in [1.82, 2.24) is 0 Å². The summed E-state index contributed by atoms with van der Waals surface area (Å²) >= 11 is 1.29. The van der Waals surface area contributed by atoms with E-state index < -0.39 is 5.60 Å². The van der Waals surface area contributed by atoms with E-state index in [0.717, 1.165) is 6.42 Å². The molecule has 20 heavy (non-hydrogen) atoms. The monoisotopic (exact) mass is 294 g/mol. The van der Waals surface area contributed by atoms with Crippen LogP contribution in [0, 0.1) is 0 Å². The standard InChI is InChI=1S/C16H22O3S/c1-5-12-6-8-13(9-7-12)14(17)10-20-11-15(18)19-16(2,3)4/h6-9H,5,10-11H2,1-4H3. The molecule has 0 aliphatic carbocycles. The lowest BCUT2D eigenvalue weighted by atomic mass is 10.1. The molecule has 0 bridgehead atoms. The molecule has 1 rings (SSSR count). The van der Waals surface area contributed by atoms with Gasteiger partial charge in [-0.15, -0.1) is 11.8 Å². The van der Waals surface area contributed by atoms with E-state index in [1.165, 1.54) is 17.3 Å². The Morgan fingerprint density at radius 2 is 1.70 bits per heavy atom. The third-order valence-corrected chi connectivity index (χ3v) is 3.46. The maximum atomic E-state index is 11.9. The quantitative estimate of drug-likeness (QED) is 0.595. The van der Waals surface area contributed by atoms with Gasteiger partial charge in [-0.1, -0.05) is 31.2 Å². The summed E-state index contributed by atoms with van der Waals surface area (Å²) in [6, 6.07) is 7.61. The van der Waals surface area contributed by atoms with Crippen molar-refractivity contribution in [2.45, 2.75) is 39.7 Å². The predicted octanol–water partition coefficient (Wildman–Crippen LogP) is 3.51. The van der Waals surface area contributed by atoms with Crippen molar-refractivity contribution in [3.63, 3.8) is 0 Å². The number of esters is 1. The minimum Gasteiger partial charge on any atom is -0.459 e. The van der Waals surface area contributed by atoms with Gasteiger partial charge in [0.15, 0.2) is 5.78 Å². The lowest BCUT2D eigenvalue weighted by Crippen LogP contribution is -2.25. The molecule has 0 atom stereocenters. The minimum atomic E-state index is -0.475. The number of ketones is 1. The number of carbonyl (C=O) groups excluding carboxylic acids is 2. The molecule has 0 saturated carbocycles. The topological polar surface area (TPSA) is 43.4 Å². The number of carbonyl (C=O) groups is 2. The van der Waals surface area contributed by atoms with E-state index in [1.807, 2.05) is 45.0 Å². The normalized spacial score (nSPS) is 11.2. The third kappa shape index (κ3) is 6.24. The Kier molecular flexibility index (Phi) is 6.27. The van der Waals surface area contributed by atoms with Crippen LogP contribution >= 0.6 is 11.8 Å². The number of hydrogen-bond acceptors (Lipinski definition) is 4. The summed E-state index contributed by atoms with van der Waals surface area (Å²) in [4.78, 5) is 23.4. The first-order valence-corrected chi connectivity index (χ1v) is 7.89. The van der Waals surface area contributed by atoms with E-state index in [4.69, 9.17) is 4.74 Å². The van der Waals surface area contributed by atoms with Crippen LogP contribution in [0.1, 0.15) is 43.6 Å². The average molecular weight is 294 g/mol. The average Bonchev–Trinajstić information content (AvgIpc) is 2.36. The molecule has 0 spiro atoms. The Morgan fingerprint density at radius 1 is 1.10 bits per heavy atom. The molecule has 4 heteroatoms. The fourth-order valence-corrected chi connectivity index (χ4v) is 2.29. The number of benzene rings is 1. The molecule has 1 aromatic rings. The van der Waals surface area contributed by atoms with E-state index >= 15 is 0 Å². The van der Waals surface area contributed by atoms with Crippen molar-refractivity contribution in [3.05, 3.63) is 35.4 Å². The molecule has 0 aliphatic heterocycles. The fraction of sp³-hybridized carbons (Fsp3) is 0.500. The second-order valence-corrected chi connectivity index (χ2v) is 6.54. The van der Waals surface area contributed by atoms with Crippen molar-refractivity contribution in [1.29, 1.82) is 0 Å². The van der Waals surface area contributed by atoms with E-state index in [9.17, 15) is 9.59 Å². The van der Waals surface area contributed by atoms with E-state index in [1.54, 1.807) is 0 Å². The highest BCUT2D eigenvalue weighted by molar-refractivity contribution is 8.00. The number of ether oxygens (including phenoxy) is 1. The number of hydrogen-bond donors (Lipinski definition) is 0. The maximum absolute atomic E-state index is 11.9. The fourth-order valence-electron chi connectivity index (χ4n) is 1.61. The van der Waals surface area contributed by atoms with Gasteiger partial charge in [0, 0.05) is 5.56 Å². The molecule has 0 aliphatic rings. The summed E-state index contributed by atoms with van der Waals surface area (Å²) in [6.45, 7) is 7.57. The lowest BCUT2D eigenvalue weighted by molar-refractivity contribution is -0.151. The zero-order valence-electron chi connectivity index (χ0n) is 12.6. The maximum Gasteiger partial charge on any atom is 0.316 e. The van der Waals surface area contributed by atoms with Crippen LogP contribution in [-0.4, -0.2) is 28.9 Å². The van der Waals surface area contributed by atoms with Gasteiger partial charge in [-0.3, -0.25) is 9.59 Å². The van der Waals surface area contributed by atoms with Gasteiger partial charge in [-0.25, -0.2) is 0 Å². The first-order chi connectivity index (χ1) is 9.31. The van der Waals surface area contributed by atoms with Gasteiger partial charge in [-0.2, -0.15) is 0 Å². The van der Waals surface area contributed by atoms with Gasteiger partial charge in [-0.05, 0) is 32.8 Å². The second kappa shape index (κ2) is 7.48. The van der Waals surface area contributed by atoms with Crippen LogP contribution in [0.15, 0.2) is 24.3 Å². The first-order valence-electron chi connectivity index (χ1n) is 6.73. The van der Waals surface area contributed by atoms with Gasteiger partial charge in [0.2, 0.25) is 0 Å². The Hall–Kier alpha value is -1.29. The third-order valence-electron chi connectivity index (χ3n) is 2.56. The van der Waals surface area contributed by atoms with Gasteiger partial charge in [0.05, 0.1) is 11.5 Å². The summed E-state index contributed by atoms with van der Waals surface area (Å²) in [5, 5.41) is 0. The van der Waals surface area contributed by atoms with E-state index in [2.05, 4.69) is 6.92 Å². The summed E-state index contributed by atoms with van der Waals surface area (Å²) in [5.41, 5.74) is 1.43. The molecule has 0 aromatic heterocycles. The molecule has 0 heterocycles. The van der Waals surface area contributed by atoms with Crippen molar-refractivity contribution in [2.24, 2.45) is 0 Å². The van der Waals surface area contributed by atoms with Crippen LogP contribution < -0.4 is 0 Å². The first kappa shape index (κ1) is 16.8. The SMILES string of the molecule is CCc1ccc(C(=O)CSCC(=O)OC(C)(C)C)cc1. The van der Waals surface area contributed by atoms with Crippen LogP contribution in [-0.2, 0) is 16.0 Å². The molecular formula is C16H22O3S. The summed E-state index contributed by atoms with van der Waals surface area (Å²) < 4.78 is 5.18. The van der Waals surface area contributed by atoms with Gasteiger partial charge < -0.3 is 4.74 Å². The molecule has 0 unspecified atom stereocenters. The Balaban J connectivity index is 2.38. The van der Waals surface area contributed by atoms with Crippen molar-refractivity contribution >= 4 is 23.5 Å². The molecule has 0 N–H and O–H groups in total. The highest BCUT2D eigenvalue weighted by Crippen LogP contribution is 2.12. The zero-order valence-corrected chi connectivity index (χ0v) is 13.4. The molecule has 0 radical (unpaired) electrons. The van der Waals surface area contributed by atoms with Crippen LogP contribution in [0.4, 0.5) is 0 Å². The van der Waals surface area contributed by atoms with Crippen LogP contribution in [0.5, 0.6) is 0 Å². The molecule has 0 fully saturated rings. The van der Waals surface area contributed by atoms with Gasteiger partial charge >= 0.3 is 5.97 Å². The van der Waals surface area contributed by atoms with E-state index in [0.29, 0.717) is 11.3 Å². The van der Waals surface area contributed by atoms with Crippen LogP contribution in [0.2, 0.25) is 0 Å². The van der Waals surface area contributed by atoms with Crippen LogP contribution in [0.3, 0.4) is 0 Å². The second-order valence-electron chi connectivity index (χ2n) is 5.55. The molecule has 1 aromatic carbocycles. The Bertz CT molecular complexity index is 458. The summed E-state index contributed by atoms with van der Waals surface area (Å²) in [6.07, 6.45) is 0.960. The largest absolute Gasteiger partial charge is 0.459 e. The number of aryl methyl sites for hydroxylation is 1. The zero-order chi connectivity index (χ0) is 15.2. The van der Waals surface area contributed by atoms with Crippen molar-refractivity contribution in [2.75, 3.05) is 11.5 Å². The molecule has 0 amide bonds. The smallest absolute Gasteiger partial charge is 0.316 e. The van der Waals surface area contributed by atoms with Gasteiger partial charge in [0.1, 0.15) is 5.60 Å². The number of rotatable bonds is 6. The Labute approximate surface area is 125 Å². The highest BCUT2D eigenvalue weighted by atomic mass is 32.2. The van der Waals surface area contributed by atoms with Crippen molar-refractivity contribution in [3.8, 4) is 0 Å². The molecule has 110 valence electrons. The minimum absolute atomic E-state index is 0.0428. The van der Waals surface area contributed by atoms with Crippen molar-refractivity contribution < 1.29 is 14.3 Å². The highest BCUT2D eigenvalue weighted by Gasteiger charge is 2.16. The number of thioether (sulfide) groups is 1. The predicted molar refractivity (Wildman–Crippen MR) is 83.3 cm³/mol. The Morgan fingerprint density at radius 3 is 2.20 bits per heavy atom. The molecular weight excluding hydrogens is 272 g/mol. The molecule has 3 nitrogen and oxygen atoms in total.